The van der Waals surface area contributed by atoms with Crippen molar-refractivity contribution in [3.8, 4) is 5.88 Å². The van der Waals surface area contributed by atoms with Gasteiger partial charge in [-0.05, 0) is 31.1 Å². The maximum Gasteiger partial charge on any atom is 0.223 e. The molecule has 0 saturated heterocycles. The van der Waals surface area contributed by atoms with Crippen molar-refractivity contribution in [3.63, 3.8) is 0 Å². The molecule has 0 bridgehead atoms. The second kappa shape index (κ2) is 5.24. The lowest BCUT2D eigenvalue weighted by Gasteiger charge is -2.06. The molecule has 0 atom stereocenters. The summed E-state index contributed by atoms with van der Waals surface area (Å²) in [4.78, 5) is 19.1. The number of fused-ring (bicyclic) bond motifs is 1. The van der Waals surface area contributed by atoms with E-state index < -0.39 is 0 Å². The van der Waals surface area contributed by atoms with Crippen molar-refractivity contribution in [2.24, 2.45) is 5.92 Å². The molecule has 0 aliphatic heterocycles. The fourth-order valence-corrected chi connectivity index (χ4v) is 2.40. The van der Waals surface area contributed by atoms with E-state index in [1.54, 1.807) is 13.2 Å². The van der Waals surface area contributed by atoms with Gasteiger partial charge in [0.05, 0.1) is 12.6 Å². The summed E-state index contributed by atoms with van der Waals surface area (Å²) < 4.78 is 7.60. The number of H-pyrrole nitrogens is 1. The average molecular weight is 292 g/mol. The Hall–Kier alpha value is -1.89. The van der Waals surface area contributed by atoms with Gasteiger partial charge in [0.2, 0.25) is 11.8 Å². The van der Waals surface area contributed by atoms with E-state index in [0.29, 0.717) is 23.7 Å². The molecule has 6 nitrogen and oxygen atoms in total. The molecule has 1 amide bonds. The molecular weight excluding hydrogens is 276 g/mol. The molecule has 1 saturated carbocycles. The zero-order valence-electron chi connectivity index (χ0n) is 11.2. The van der Waals surface area contributed by atoms with E-state index in [9.17, 15) is 4.79 Å². The van der Waals surface area contributed by atoms with Crippen molar-refractivity contribution in [3.05, 3.63) is 16.9 Å². The molecule has 2 aromatic heterocycles. The molecule has 7 heteroatoms. The Morgan fingerprint density at radius 1 is 1.60 bits per heavy atom. The summed E-state index contributed by atoms with van der Waals surface area (Å²) in [5.74, 6) is 0.910. The monoisotopic (exact) mass is 292 g/mol. The van der Waals surface area contributed by atoms with Crippen molar-refractivity contribution in [2.75, 3.05) is 13.7 Å². The first-order chi connectivity index (χ1) is 9.69. The van der Waals surface area contributed by atoms with Gasteiger partial charge in [0.15, 0.2) is 10.4 Å². The number of rotatable bonds is 5. The Kier molecular flexibility index (Phi) is 3.43. The molecule has 0 radical (unpaired) electrons. The van der Waals surface area contributed by atoms with Gasteiger partial charge in [-0.1, -0.05) is 0 Å². The van der Waals surface area contributed by atoms with Gasteiger partial charge >= 0.3 is 0 Å². The summed E-state index contributed by atoms with van der Waals surface area (Å²) in [6.45, 7) is 1.15. The number of amides is 1. The van der Waals surface area contributed by atoms with E-state index >= 15 is 0 Å². The summed E-state index contributed by atoms with van der Waals surface area (Å²) in [6, 6.07) is 3.67. The Bertz CT molecular complexity index is 702. The molecule has 2 N–H and O–H groups in total. The van der Waals surface area contributed by atoms with Gasteiger partial charge in [0.1, 0.15) is 0 Å². The lowest BCUT2D eigenvalue weighted by atomic mass is 10.4. The highest BCUT2D eigenvalue weighted by molar-refractivity contribution is 7.71. The number of carbonyl (C=O) groups excluding carboxylic acids is 1. The van der Waals surface area contributed by atoms with E-state index in [-0.39, 0.29) is 11.8 Å². The van der Waals surface area contributed by atoms with Crippen LogP contribution in [0.3, 0.4) is 0 Å². The number of aromatic amines is 1. The van der Waals surface area contributed by atoms with Crippen molar-refractivity contribution < 1.29 is 9.53 Å². The molecule has 2 aromatic rings. The fraction of sp³-hybridized carbons (Fsp3) is 0.462. The molecule has 0 spiro atoms. The second-order valence-corrected chi connectivity index (χ2v) is 5.26. The normalized spacial score (nSPS) is 14.4. The number of carbonyl (C=O) groups is 1. The van der Waals surface area contributed by atoms with E-state index in [1.165, 1.54) is 0 Å². The third kappa shape index (κ3) is 2.53. The first-order valence-corrected chi connectivity index (χ1v) is 7.01. The van der Waals surface area contributed by atoms with Crippen molar-refractivity contribution in [1.29, 1.82) is 0 Å². The summed E-state index contributed by atoms with van der Waals surface area (Å²) in [7, 11) is 1.58. The molecule has 3 rings (SSSR count). The van der Waals surface area contributed by atoms with Crippen LogP contribution in [0.5, 0.6) is 5.88 Å². The SMILES string of the molecule is COc1ccc2[nH]c(=S)n(CCNC(=O)C3CC3)c2n1. The first-order valence-electron chi connectivity index (χ1n) is 6.60. The summed E-state index contributed by atoms with van der Waals surface area (Å²) >= 11 is 5.29. The van der Waals surface area contributed by atoms with Gasteiger partial charge in [-0.2, -0.15) is 4.98 Å². The van der Waals surface area contributed by atoms with Gasteiger partial charge in [-0.25, -0.2) is 0 Å². The smallest absolute Gasteiger partial charge is 0.223 e. The van der Waals surface area contributed by atoms with Gasteiger partial charge in [0, 0.05) is 25.1 Å². The number of methoxy groups -OCH3 is 1. The van der Waals surface area contributed by atoms with Crippen molar-refractivity contribution in [2.45, 2.75) is 19.4 Å². The van der Waals surface area contributed by atoms with E-state index in [1.807, 2.05) is 10.6 Å². The molecule has 20 heavy (non-hydrogen) atoms. The fourth-order valence-electron chi connectivity index (χ4n) is 2.12. The van der Waals surface area contributed by atoms with E-state index in [0.717, 1.165) is 24.0 Å². The van der Waals surface area contributed by atoms with Crippen LogP contribution >= 0.6 is 12.2 Å². The number of imidazole rings is 1. The third-order valence-electron chi connectivity index (χ3n) is 3.38. The first kappa shape index (κ1) is 13.1. The topological polar surface area (TPSA) is 71.9 Å². The number of ether oxygens (including phenoxy) is 1. The molecule has 0 aromatic carbocycles. The predicted octanol–water partition coefficient (Wildman–Crippen LogP) is 1.63. The quantitative estimate of drug-likeness (QED) is 0.822. The molecule has 1 aliphatic rings. The Morgan fingerprint density at radius 3 is 3.10 bits per heavy atom. The number of hydrogen-bond acceptors (Lipinski definition) is 4. The summed E-state index contributed by atoms with van der Waals surface area (Å²) in [5, 5.41) is 2.92. The van der Waals surface area contributed by atoms with Crippen LogP contribution in [-0.2, 0) is 11.3 Å². The molecule has 0 unspecified atom stereocenters. The van der Waals surface area contributed by atoms with Crippen molar-refractivity contribution in [1.82, 2.24) is 19.9 Å². The number of hydrogen-bond donors (Lipinski definition) is 2. The molecule has 106 valence electrons. The molecule has 1 fully saturated rings. The standard InChI is InChI=1S/C13H16N4O2S/c1-19-10-5-4-9-11(16-10)17(13(20)15-9)7-6-14-12(18)8-2-3-8/h4-5,8H,2-3,6-7H2,1H3,(H,14,18)(H,15,20). The second-order valence-electron chi connectivity index (χ2n) is 4.87. The Labute approximate surface area is 121 Å². The number of nitrogens with zero attached hydrogens (tertiary/aromatic N) is 2. The van der Waals surface area contributed by atoms with Gasteiger partial charge in [-0.3, -0.25) is 9.36 Å². The average Bonchev–Trinajstić information content (AvgIpc) is 3.24. The number of pyridine rings is 1. The van der Waals surface area contributed by atoms with Gasteiger partial charge in [0.25, 0.3) is 0 Å². The van der Waals surface area contributed by atoms with Crippen LogP contribution < -0.4 is 10.1 Å². The third-order valence-corrected chi connectivity index (χ3v) is 3.71. The number of aromatic nitrogens is 3. The molecule has 1 aliphatic carbocycles. The van der Waals surface area contributed by atoms with E-state index in [2.05, 4.69) is 15.3 Å². The van der Waals surface area contributed by atoms with Crippen LogP contribution in [0.2, 0.25) is 0 Å². The number of nitrogens with one attached hydrogen (secondary N) is 2. The lowest BCUT2D eigenvalue weighted by molar-refractivity contribution is -0.122. The minimum atomic E-state index is 0.141. The maximum absolute atomic E-state index is 11.6. The largest absolute Gasteiger partial charge is 0.481 e. The van der Waals surface area contributed by atoms with Gasteiger partial charge in [-0.15, -0.1) is 0 Å². The minimum Gasteiger partial charge on any atom is -0.481 e. The van der Waals surface area contributed by atoms with Gasteiger partial charge < -0.3 is 15.0 Å². The highest BCUT2D eigenvalue weighted by Crippen LogP contribution is 2.28. The zero-order valence-corrected chi connectivity index (χ0v) is 12.0. The van der Waals surface area contributed by atoms with Crippen LogP contribution in [0.25, 0.3) is 11.2 Å². The van der Waals surface area contributed by atoms with E-state index in [4.69, 9.17) is 17.0 Å². The van der Waals surface area contributed by atoms with Crippen LogP contribution in [0.15, 0.2) is 12.1 Å². The highest BCUT2D eigenvalue weighted by atomic mass is 32.1. The summed E-state index contributed by atoms with van der Waals surface area (Å²) in [5.41, 5.74) is 1.61. The Morgan fingerprint density at radius 2 is 2.40 bits per heavy atom. The molecule has 2 heterocycles. The summed E-state index contributed by atoms with van der Waals surface area (Å²) in [6.07, 6.45) is 2.02. The minimum absolute atomic E-state index is 0.141. The maximum atomic E-state index is 11.6. The lowest BCUT2D eigenvalue weighted by Crippen LogP contribution is -2.28. The van der Waals surface area contributed by atoms with Crippen molar-refractivity contribution >= 4 is 29.3 Å². The van der Waals surface area contributed by atoms with Crippen LogP contribution in [0, 0.1) is 10.7 Å². The zero-order chi connectivity index (χ0) is 14.1. The Balaban J connectivity index is 1.77. The molecular formula is C13H16N4O2S. The van der Waals surface area contributed by atoms with Crippen LogP contribution in [0.1, 0.15) is 12.8 Å². The van der Waals surface area contributed by atoms with Crippen LogP contribution in [0.4, 0.5) is 0 Å². The highest BCUT2D eigenvalue weighted by Gasteiger charge is 2.29. The van der Waals surface area contributed by atoms with Crippen LogP contribution in [-0.4, -0.2) is 34.1 Å². The predicted molar refractivity (Wildman–Crippen MR) is 77.2 cm³/mol.